The third kappa shape index (κ3) is 3.66. The van der Waals surface area contributed by atoms with Crippen molar-refractivity contribution in [2.75, 3.05) is 13.7 Å². The summed E-state index contributed by atoms with van der Waals surface area (Å²) in [4.78, 5) is 0. The number of rotatable bonds is 4. The fourth-order valence-electron chi connectivity index (χ4n) is 3.20. The summed E-state index contributed by atoms with van der Waals surface area (Å²) in [7, 11) is 1.44. The maximum atomic E-state index is 10.4. The highest BCUT2D eigenvalue weighted by Crippen LogP contribution is 2.27. The predicted octanol–water partition coefficient (Wildman–Crippen LogP) is -4.46. The first-order chi connectivity index (χ1) is 10.8. The molecule has 2 rings (SSSR count). The molecule has 10 heteroatoms. The molecule has 2 aliphatic rings. The molecule has 1 aliphatic carbocycles. The minimum Gasteiger partial charge on any atom is -0.388 e. The number of ether oxygens (including phenoxy) is 3. The number of nitrogens with two attached hydrogens (primary N) is 4. The van der Waals surface area contributed by atoms with Crippen molar-refractivity contribution in [1.29, 1.82) is 0 Å². The van der Waals surface area contributed by atoms with Crippen LogP contribution in [0.4, 0.5) is 0 Å². The van der Waals surface area contributed by atoms with E-state index in [0.29, 0.717) is 6.42 Å². The SMILES string of the molecule is COC1C(N)CC(N)C(OC2OC(CN)C(O)C(O)C2N)C1O. The first-order valence-electron chi connectivity index (χ1n) is 7.66. The molecule has 1 saturated carbocycles. The van der Waals surface area contributed by atoms with Gasteiger partial charge in [0.2, 0.25) is 0 Å². The average molecular weight is 336 g/mol. The van der Waals surface area contributed by atoms with Crippen LogP contribution in [0.25, 0.3) is 0 Å². The molecule has 23 heavy (non-hydrogen) atoms. The summed E-state index contributed by atoms with van der Waals surface area (Å²) in [6, 6.07) is -1.98. The molecular formula is C13H28N4O6. The zero-order chi connectivity index (χ0) is 17.3. The summed E-state index contributed by atoms with van der Waals surface area (Å²) >= 11 is 0. The molecule has 136 valence electrons. The molecule has 11 N–H and O–H groups in total. The Morgan fingerprint density at radius 3 is 2.17 bits per heavy atom. The van der Waals surface area contributed by atoms with Gasteiger partial charge in [0.25, 0.3) is 0 Å². The van der Waals surface area contributed by atoms with Gasteiger partial charge in [-0.1, -0.05) is 0 Å². The van der Waals surface area contributed by atoms with E-state index in [2.05, 4.69) is 0 Å². The molecule has 1 heterocycles. The van der Waals surface area contributed by atoms with Gasteiger partial charge in [-0.15, -0.1) is 0 Å². The summed E-state index contributed by atoms with van der Waals surface area (Å²) in [5, 5.41) is 30.2. The Labute approximate surface area is 134 Å². The Balaban J connectivity index is 2.10. The molecule has 2 fully saturated rings. The van der Waals surface area contributed by atoms with Crippen LogP contribution < -0.4 is 22.9 Å². The van der Waals surface area contributed by atoms with Gasteiger partial charge in [0.1, 0.15) is 36.6 Å². The van der Waals surface area contributed by atoms with E-state index in [-0.39, 0.29) is 6.54 Å². The minimum atomic E-state index is -1.26. The smallest absolute Gasteiger partial charge is 0.176 e. The fourth-order valence-corrected chi connectivity index (χ4v) is 3.20. The Morgan fingerprint density at radius 1 is 1.00 bits per heavy atom. The van der Waals surface area contributed by atoms with E-state index in [1.165, 1.54) is 7.11 Å². The first-order valence-corrected chi connectivity index (χ1v) is 7.66. The van der Waals surface area contributed by atoms with E-state index >= 15 is 0 Å². The summed E-state index contributed by atoms with van der Waals surface area (Å²) in [6.45, 7) is -0.0182. The van der Waals surface area contributed by atoms with Crippen LogP contribution in [0.2, 0.25) is 0 Å². The van der Waals surface area contributed by atoms with E-state index in [0.717, 1.165) is 0 Å². The van der Waals surface area contributed by atoms with Gasteiger partial charge in [-0.2, -0.15) is 0 Å². The van der Waals surface area contributed by atoms with Crippen LogP contribution in [0.5, 0.6) is 0 Å². The van der Waals surface area contributed by atoms with Crippen LogP contribution in [0.1, 0.15) is 6.42 Å². The molecule has 10 atom stereocenters. The number of hydrogen-bond acceptors (Lipinski definition) is 10. The third-order valence-electron chi connectivity index (χ3n) is 4.61. The summed E-state index contributed by atoms with van der Waals surface area (Å²) in [5.41, 5.74) is 23.3. The van der Waals surface area contributed by atoms with Gasteiger partial charge in [0.15, 0.2) is 6.29 Å². The molecule has 0 radical (unpaired) electrons. The molecule has 1 saturated heterocycles. The van der Waals surface area contributed by atoms with Crippen molar-refractivity contribution in [3.8, 4) is 0 Å². The zero-order valence-corrected chi connectivity index (χ0v) is 13.1. The highest BCUT2D eigenvalue weighted by molar-refractivity contribution is 5.00. The lowest BCUT2D eigenvalue weighted by atomic mass is 9.84. The van der Waals surface area contributed by atoms with Crippen LogP contribution in [0, 0.1) is 0 Å². The second-order valence-corrected chi connectivity index (χ2v) is 6.19. The number of hydrogen-bond donors (Lipinski definition) is 7. The standard InChI is InChI=1S/C13H28N4O6/c1-21-11-4(15)2-5(16)12(10(11)20)23-13-7(17)9(19)8(18)6(3-14)22-13/h4-13,18-20H,2-3,14-17H2,1H3. The number of methoxy groups -OCH3 is 1. The summed E-state index contributed by atoms with van der Waals surface area (Å²) in [5.74, 6) is 0. The highest BCUT2D eigenvalue weighted by Gasteiger charge is 2.48. The van der Waals surface area contributed by atoms with Crippen molar-refractivity contribution in [2.24, 2.45) is 22.9 Å². The molecule has 0 amide bonds. The second-order valence-electron chi connectivity index (χ2n) is 6.19. The normalized spacial score (nSPS) is 51.7. The van der Waals surface area contributed by atoms with E-state index in [9.17, 15) is 15.3 Å². The van der Waals surface area contributed by atoms with E-state index < -0.39 is 61.0 Å². The fraction of sp³-hybridized carbons (Fsp3) is 1.00. The maximum absolute atomic E-state index is 10.4. The number of aliphatic hydroxyl groups is 3. The third-order valence-corrected chi connectivity index (χ3v) is 4.61. The van der Waals surface area contributed by atoms with Crippen LogP contribution in [0.3, 0.4) is 0 Å². The van der Waals surface area contributed by atoms with Crippen molar-refractivity contribution in [1.82, 2.24) is 0 Å². The van der Waals surface area contributed by atoms with E-state index in [1.54, 1.807) is 0 Å². The molecular weight excluding hydrogens is 308 g/mol. The molecule has 0 bridgehead atoms. The Bertz CT molecular complexity index is 389. The summed E-state index contributed by atoms with van der Waals surface area (Å²) in [6.07, 6.45) is -6.54. The predicted molar refractivity (Wildman–Crippen MR) is 79.9 cm³/mol. The Kier molecular flexibility index (Phi) is 6.30. The second kappa shape index (κ2) is 7.66. The van der Waals surface area contributed by atoms with Crippen LogP contribution in [0.15, 0.2) is 0 Å². The average Bonchev–Trinajstić information content (AvgIpc) is 2.51. The molecule has 0 aromatic heterocycles. The van der Waals surface area contributed by atoms with Crippen molar-refractivity contribution in [3.63, 3.8) is 0 Å². The lowest BCUT2D eigenvalue weighted by Gasteiger charge is -2.46. The Hall–Kier alpha value is -0.400. The molecule has 10 unspecified atom stereocenters. The van der Waals surface area contributed by atoms with Gasteiger partial charge < -0.3 is 52.5 Å². The van der Waals surface area contributed by atoms with Crippen molar-refractivity contribution in [2.45, 2.75) is 67.5 Å². The van der Waals surface area contributed by atoms with Gasteiger partial charge in [-0.25, -0.2) is 0 Å². The maximum Gasteiger partial charge on any atom is 0.176 e. The summed E-state index contributed by atoms with van der Waals surface area (Å²) < 4.78 is 16.4. The zero-order valence-electron chi connectivity index (χ0n) is 13.1. The lowest BCUT2D eigenvalue weighted by molar-refractivity contribution is -0.288. The van der Waals surface area contributed by atoms with E-state index in [1.807, 2.05) is 0 Å². The largest absolute Gasteiger partial charge is 0.388 e. The molecule has 0 spiro atoms. The number of aliphatic hydroxyl groups excluding tert-OH is 3. The first kappa shape index (κ1) is 18.9. The van der Waals surface area contributed by atoms with Gasteiger partial charge in [-0.05, 0) is 6.42 Å². The van der Waals surface area contributed by atoms with Crippen LogP contribution in [-0.4, -0.2) is 90.0 Å². The molecule has 10 nitrogen and oxygen atoms in total. The Morgan fingerprint density at radius 2 is 1.61 bits per heavy atom. The monoisotopic (exact) mass is 336 g/mol. The molecule has 0 aromatic rings. The van der Waals surface area contributed by atoms with Crippen molar-refractivity contribution < 1.29 is 29.5 Å². The molecule has 1 aliphatic heterocycles. The highest BCUT2D eigenvalue weighted by atomic mass is 16.7. The van der Waals surface area contributed by atoms with Crippen molar-refractivity contribution in [3.05, 3.63) is 0 Å². The topological polar surface area (TPSA) is 192 Å². The van der Waals surface area contributed by atoms with Gasteiger partial charge in [0, 0.05) is 25.7 Å². The lowest BCUT2D eigenvalue weighted by Crippen LogP contribution is -2.67. The van der Waals surface area contributed by atoms with Gasteiger partial charge in [-0.3, -0.25) is 0 Å². The van der Waals surface area contributed by atoms with Crippen LogP contribution >= 0.6 is 0 Å². The quantitative estimate of drug-likeness (QED) is 0.263. The van der Waals surface area contributed by atoms with E-state index in [4.69, 9.17) is 37.1 Å². The van der Waals surface area contributed by atoms with Gasteiger partial charge in [0.05, 0.1) is 6.04 Å². The van der Waals surface area contributed by atoms with Crippen molar-refractivity contribution >= 4 is 0 Å². The molecule has 0 aromatic carbocycles. The van der Waals surface area contributed by atoms with Gasteiger partial charge >= 0.3 is 0 Å². The van der Waals surface area contributed by atoms with Crippen LogP contribution in [-0.2, 0) is 14.2 Å². The minimum absolute atomic E-state index is 0.0182.